The maximum atomic E-state index is 14.0. The highest BCUT2D eigenvalue weighted by atomic mass is 31.2. The molecule has 0 bridgehead atoms. The van der Waals surface area contributed by atoms with Crippen LogP contribution in [0, 0.1) is 0 Å². The lowest BCUT2D eigenvalue weighted by molar-refractivity contribution is -0.136. The fourth-order valence-electron chi connectivity index (χ4n) is 6.61. The Balaban J connectivity index is 1.80. The molecule has 2 saturated heterocycles. The predicted molar refractivity (Wildman–Crippen MR) is 174 cm³/mol. The Morgan fingerprint density at radius 3 is 1.75 bits per heavy atom. The molecule has 2 heterocycles. The van der Waals surface area contributed by atoms with Gasteiger partial charge in [-0.2, -0.15) is 0 Å². The number of amides is 5. The molecule has 0 unspecified atom stereocenters. The van der Waals surface area contributed by atoms with Crippen LogP contribution in [0.2, 0.25) is 0 Å². The molecule has 3 N–H and O–H groups in total. The molecule has 2 aliphatic rings. The van der Waals surface area contributed by atoms with Gasteiger partial charge >= 0.3 is 19.8 Å². The largest absolute Gasteiger partial charge is 0.449 e. The van der Waals surface area contributed by atoms with Crippen LogP contribution >= 0.6 is 7.60 Å². The molecule has 2 fully saturated rings. The minimum atomic E-state index is -5.23. The molecule has 0 aromatic heterocycles. The van der Waals surface area contributed by atoms with Crippen molar-refractivity contribution in [2.75, 3.05) is 39.4 Å². The Morgan fingerprint density at radius 2 is 1.33 bits per heavy atom. The first-order valence-electron chi connectivity index (χ1n) is 16.1. The van der Waals surface area contributed by atoms with E-state index in [0.29, 0.717) is 18.5 Å². The first-order valence-corrected chi connectivity index (χ1v) is 17.8. The first kappa shape index (κ1) is 36.7. The van der Waals surface area contributed by atoms with Crippen molar-refractivity contribution in [3.8, 4) is 0 Å². The lowest BCUT2D eigenvalue weighted by Gasteiger charge is -2.44. The van der Waals surface area contributed by atoms with Crippen LogP contribution in [0.3, 0.4) is 0 Å². The molecule has 0 saturated carbocycles. The van der Waals surface area contributed by atoms with Crippen LogP contribution in [-0.2, 0) is 24.1 Å². The maximum absolute atomic E-state index is 14.0. The van der Waals surface area contributed by atoms with Gasteiger partial charge in [-0.1, -0.05) is 24.3 Å². The van der Waals surface area contributed by atoms with Crippen LogP contribution < -0.4 is 5.32 Å². The van der Waals surface area contributed by atoms with E-state index >= 15 is 0 Å². The summed E-state index contributed by atoms with van der Waals surface area (Å²) in [6, 6.07) is 11.0. The van der Waals surface area contributed by atoms with Crippen LogP contribution in [0.5, 0.6) is 0 Å². The van der Waals surface area contributed by atoms with E-state index < -0.39 is 54.7 Å². The third-order valence-corrected chi connectivity index (χ3v) is 10.5. The van der Waals surface area contributed by atoms with Gasteiger partial charge in [-0.15, -0.1) is 0 Å². The van der Waals surface area contributed by atoms with Crippen molar-refractivity contribution in [3.05, 3.63) is 70.8 Å². The molecular formula is C33H43N4O10P. The molecule has 3 atom stereocenters. The zero-order valence-electron chi connectivity index (χ0n) is 27.6. The number of nitrogens with one attached hydrogen (secondary N) is 1. The summed E-state index contributed by atoms with van der Waals surface area (Å²) in [6.07, 6.45) is -0.169. The van der Waals surface area contributed by atoms with Gasteiger partial charge in [0.05, 0.1) is 19.3 Å². The molecule has 15 heteroatoms. The SMILES string of the molecule is CCOC(=O)N(CC)C(=O)c1ccc([C@@H]2CCN(C(=O)[C@@H]3CCCN3)[C@@]2(c2ccc(C(=O)N(CC)C(=O)OCC)cc2)P(=O)(O)O)cc1. The second-order valence-corrected chi connectivity index (χ2v) is 13.2. The molecule has 0 aliphatic carbocycles. The summed E-state index contributed by atoms with van der Waals surface area (Å²) >= 11 is 0. The average Bonchev–Trinajstić information content (AvgIpc) is 3.75. The third-order valence-electron chi connectivity index (χ3n) is 8.82. The first-order chi connectivity index (χ1) is 22.9. The lowest BCUT2D eigenvalue weighted by Crippen LogP contribution is -2.52. The molecular weight excluding hydrogens is 643 g/mol. The van der Waals surface area contributed by atoms with Crippen LogP contribution in [0.15, 0.2) is 48.5 Å². The number of benzene rings is 2. The molecule has 2 aromatic rings. The van der Waals surface area contributed by atoms with Crippen molar-refractivity contribution in [1.82, 2.24) is 20.0 Å². The van der Waals surface area contributed by atoms with E-state index in [0.717, 1.165) is 16.2 Å². The van der Waals surface area contributed by atoms with E-state index in [1.54, 1.807) is 39.8 Å². The molecule has 0 radical (unpaired) electrons. The van der Waals surface area contributed by atoms with Crippen LogP contribution in [0.25, 0.3) is 0 Å². The van der Waals surface area contributed by atoms with E-state index in [1.807, 2.05) is 0 Å². The monoisotopic (exact) mass is 686 g/mol. The minimum absolute atomic E-state index is 0.0348. The van der Waals surface area contributed by atoms with E-state index in [1.165, 1.54) is 41.3 Å². The number of imide groups is 2. The van der Waals surface area contributed by atoms with Crippen molar-refractivity contribution in [2.45, 2.75) is 64.2 Å². The topological polar surface area (TPSA) is 183 Å². The number of likely N-dealkylation sites (tertiary alicyclic amines) is 1. The second kappa shape index (κ2) is 15.4. The molecule has 2 aromatic carbocycles. The van der Waals surface area contributed by atoms with Gasteiger partial charge in [-0.05, 0) is 88.9 Å². The van der Waals surface area contributed by atoms with Crippen molar-refractivity contribution in [3.63, 3.8) is 0 Å². The van der Waals surface area contributed by atoms with E-state index in [4.69, 9.17) is 9.47 Å². The van der Waals surface area contributed by atoms with Crippen LogP contribution in [0.1, 0.15) is 84.7 Å². The fourth-order valence-corrected chi connectivity index (χ4v) is 8.29. The molecule has 5 amide bonds. The predicted octanol–water partition coefficient (Wildman–Crippen LogP) is 4.02. The normalized spacial score (nSPS) is 20.7. The highest BCUT2D eigenvalue weighted by Crippen LogP contribution is 2.68. The Kier molecular flexibility index (Phi) is 11.8. The summed E-state index contributed by atoms with van der Waals surface area (Å²) in [5.74, 6) is -2.61. The fraction of sp³-hybridized carbons (Fsp3) is 0.485. The summed E-state index contributed by atoms with van der Waals surface area (Å²) in [5.41, 5.74) is 0.828. The number of nitrogens with zero attached hydrogens (tertiary/aromatic N) is 3. The smallest absolute Gasteiger partial charge is 0.416 e. The van der Waals surface area contributed by atoms with Gasteiger partial charge in [0.15, 0.2) is 5.28 Å². The average molecular weight is 687 g/mol. The third kappa shape index (κ3) is 6.88. The van der Waals surface area contributed by atoms with E-state index in [-0.39, 0.29) is 56.0 Å². The Labute approximate surface area is 279 Å². The molecule has 14 nitrogen and oxygen atoms in total. The van der Waals surface area contributed by atoms with Gasteiger partial charge in [0.1, 0.15) is 0 Å². The molecule has 2 aliphatic heterocycles. The van der Waals surface area contributed by atoms with Gasteiger partial charge in [0.2, 0.25) is 5.91 Å². The number of carbonyl (C=O) groups is 5. The summed E-state index contributed by atoms with van der Waals surface area (Å²) in [4.78, 5) is 90.6. The highest BCUT2D eigenvalue weighted by molar-refractivity contribution is 7.53. The number of ether oxygens (including phenoxy) is 2. The van der Waals surface area contributed by atoms with Crippen molar-refractivity contribution in [2.24, 2.45) is 0 Å². The van der Waals surface area contributed by atoms with Gasteiger partial charge in [0.25, 0.3) is 11.8 Å². The van der Waals surface area contributed by atoms with Gasteiger partial charge < -0.3 is 29.5 Å². The molecule has 0 spiro atoms. The van der Waals surface area contributed by atoms with E-state index in [9.17, 15) is 38.3 Å². The Hall–Kier alpha value is -4.10. The van der Waals surface area contributed by atoms with Gasteiger partial charge in [-0.3, -0.25) is 18.9 Å². The number of rotatable bonds is 10. The lowest BCUT2D eigenvalue weighted by atomic mass is 9.85. The van der Waals surface area contributed by atoms with Crippen molar-refractivity contribution in [1.29, 1.82) is 0 Å². The maximum Gasteiger partial charge on any atom is 0.416 e. The number of carbonyl (C=O) groups excluding carboxylic acids is 5. The molecule has 4 rings (SSSR count). The van der Waals surface area contributed by atoms with Crippen molar-refractivity contribution >= 4 is 37.5 Å². The summed E-state index contributed by atoms with van der Waals surface area (Å²) < 4.78 is 23.9. The van der Waals surface area contributed by atoms with Gasteiger partial charge in [-0.25, -0.2) is 19.4 Å². The number of hydrogen-bond acceptors (Lipinski definition) is 9. The molecule has 48 heavy (non-hydrogen) atoms. The Morgan fingerprint density at radius 1 is 0.833 bits per heavy atom. The van der Waals surface area contributed by atoms with Crippen LogP contribution in [-0.4, -0.2) is 99.8 Å². The van der Waals surface area contributed by atoms with E-state index in [2.05, 4.69) is 5.32 Å². The summed E-state index contributed by atoms with van der Waals surface area (Å²) in [6.45, 7) is 7.41. The molecule has 260 valence electrons. The van der Waals surface area contributed by atoms with Crippen molar-refractivity contribution < 1.29 is 47.8 Å². The quantitative estimate of drug-likeness (QED) is 0.307. The zero-order chi connectivity index (χ0) is 35.2. The zero-order valence-corrected chi connectivity index (χ0v) is 28.5. The van der Waals surface area contributed by atoms with Crippen LogP contribution in [0.4, 0.5) is 9.59 Å². The Bertz CT molecular complexity index is 1560. The standard InChI is InChI=1S/C33H43N4O10P/c1-5-35(31(41)46-7-3)28(38)23-13-11-22(12-14-23)26-19-21-37(30(40)27-10-9-20-34-27)33(26,48(43,44)45)25-17-15-24(16-18-25)29(39)36(6-2)32(42)47-8-4/h11-18,26-27,34H,5-10,19-21H2,1-4H3,(H2,43,44,45)/t26-,27-,33-/m0/s1. The summed E-state index contributed by atoms with van der Waals surface area (Å²) in [7, 11) is -5.23. The highest BCUT2D eigenvalue weighted by Gasteiger charge is 2.63. The summed E-state index contributed by atoms with van der Waals surface area (Å²) in [5, 5.41) is 0.969. The van der Waals surface area contributed by atoms with Gasteiger partial charge in [0, 0.05) is 36.7 Å². The second-order valence-electron chi connectivity index (χ2n) is 11.4. The minimum Gasteiger partial charge on any atom is -0.449 e. The number of hydrogen-bond donors (Lipinski definition) is 3.